The molecular formula is C12H18N2O2S. The Morgan fingerprint density at radius 1 is 1.12 bits per heavy atom. The number of hydrogen-bond donors (Lipinski definition) is 1. The first-order chi connectivity index (χ1) is 8.09. The summed E-state index contributed by atoms with van der Waals surface area (Å²) in [4.78, 5) is 3.02. The summed E-state index contributed by atoms with van der Waals surface area (Å²) in [6.45, 7) is 3.40. The topological polar surface area (TPSA) is 49.4 Å². The monoisotopic (exact) mass is 254 g/mol. The van der Waals surface area contributed by atoms with Crippen LogP contribution < -0.4 is 4.83 Å². The van der Waals surface area contributed by atoms with Gasteiger partial charge in [-0.1, -0.05) is 24.6 Å². The molecule has 1 fully saturated rings. The van der Waals surface area contributed by atoms with Gasteiger partial charge >= 0.3 is 0 Å². The van der Waals surface area contributed by atoms with Crippen LogP contribution in [-0.4, -0.2) is 26.5 Å². The number of benzene rings is 1. The molecule has 1 aromatic rings. The Hall–Kier alpha value is -0.910. The molecule has 1 aliphatic heterocycles. The van der Waals surface area contributed by atoms with E-state index in [1.165, 1.54) is 6.42 Å². The number of hydrazine groups is 1. The zero-order valence-corrected chi connectivity index (χ0v) is 10.8. The first-order valence-electron chi connectivity index (χ1n) is 5.92. The Labute approximate surface area is 103 Å². The molecule has 0 atom stereocenters. The van der Waals surface area contributed by atoms with Crippen molar-refractivity contribution in [2.75, 3.05) is 13.1 Å². The molecule has 17 heavy (non-hydrogen) atoms. The number of rotatable bonds is 3. The second-order valence-electron chi connectivity index (χ2n) is 4.41. The molecule has 0 spiro atoms. The van der Waals surface area contributed by atoms with Gasteiger partial charge in [0.1, 0.15) is 0 Å². The van der Waals surface area contributed by atoms with E-state index in [2.05, 4.69) is 4.83 Å². The van der Waals surface area contributed by atoms with Crippen molar-refractivity contribution < 1.29 is 8.42 Å². The lowest BCUT2D eigenvalue weighted by Gasteiger charge is -2.26. The second-order valence-corrected chi connectivity index (χ2v) is 6.04. The Balaban J connectivity index is 2.16. The molecule has 0 aliphatic carbocycles. The fourth-order valence-corrected chi connectivity index (χ4v) is 3.43. The van der Waals surface area contributed by atoms with Gasteiger partial charge in [0.2, 0.25) is 0 Å². The van der Waals surface area contributed by atoms with Gasteiger partial charge in [0, 0.05) is 13.1 Å². The first kappa shape index (κ1) is 12.5. The van der Waals surface area contributed by atoms with E-state index in [0.29, 0.717) is 4.90 Å². The number of nitrogens with zero attached hydrogens (tertiary/aromatic N) is 1. The highest BCUT2D eigenvalue weighted by molar-refractivity contribution is 7.89. The molecule has 1 N–H and O–H groups in total. The molecule has 94 valence electrons. The van der Waals surface area contributed by atoms with Crippen LogP contribution in [0, 0.1) is 6.92 Å². The maximum Gasteiger partial charge on any atom is 0.253 e. The number of aryl methyl sites for hydroxylation is 1. The molecular weight excluding hydrogens is 236 g/mol. The molecule has 0 unspecified atom stereocenters. The Bertz CT molecular complexity index is 479. The lowest BCUT2D eigenvalue weighted by atomic mass is 10.2. The summed E-state index contributed by atoms with van der Waals surface area (Å²) >= 11 is 0. The van der Waals surface area contributed by atoms with E-state index in [1.807, 2.05) is 19.1 Å². The molecule has 2 rings (SSSR count). The molecule has 1 aromatic carbocycles. The zero-order valence-electron chi connectivity index (χ0n) is 10.0. The van der Waals surface area contributed by atoms with Crippen LogP contribution in [0.2, 0.25) is 0 Å². The Kier molecular flexibility index (Phi) is 3.81. The minimum atomic E-state index is -3.41. The van der Waals surface area contributed by atoms with Crippen LogP contribution in [0.1, 0.15) is 24.8 Å². The normalized spacial score (nSPS) is 18.2. The predicted octanol–water partition coefficient (Wildman–Crippen LogP) is 1.67. The zero-order chi connectivity index (χ0) is 12.3. The average Bonchev–Trinajstić information content (AvgIpc) is 2.30. The smallest absolute Gasteiger partial charge is 0.230 e. The van der Waals surface area contributed by atoms with Crippen LogP contribution in [0.5, 0.6) is 0 Å². The van der Waals surface area contributed by atoms with Gasteiger partial charge in [-0.3, -0.25) is 0 Å². The maximum absolute atomic E-state index is 12.2. The standard InChI is InChI=1S/C12H18N2O2S/c1-11-7-3-4-8-12(11)17(15,16)13-14-9-5-2-6-10-14/h3-4,7-8,13H,2,5-6,9-10H2,1H3. The van der Waals surface area contributed by atoms with Crippen LogP contribution in [0.3, 0.4) is 0 Å². The van der Waals surface area contributed by atoms with Crippen LogP contribution in [0.15, 0.2) is 29.2 Å². The molecule has 0 bridgehead atoms. The van der Waals surface area contributed by atoms with E-state index in [0.717, 1.165) is 31.5 Å². The van der Waals surface area contributed by atoms with Crippen molar-refractivity contribution in [1.29, 1.82) is 0 Å². The Morgan fingerprint density at radius 2 is 1.76 bits per heavy atom. The molecule has 4 nitrogen and oxygen atoms in total. The third-order valence-electron chi connectivity index (χ3n) is 2.99. The maximum atomic E-state index is 12.2. The summed E-state index contributed by atoms with van der Waals surface area (Å²) in [5.74, 6) is 0. The van der Waals surface area contributed by atoms with Crippen molar-refractivity contribution >= 4 is 10.0 Å². The average molecular weight is 254 g/mol. The highest BCUT2D eigenvalue weighted by Gasteiger charge is 2.20. The highest BCUT2D eigenvalue weighted by Crippen LogP contribution is 2.15. The largest absolute Gasteiger partial charge is 0.253 e. The lowest BCUT2D eigenvalue weighted by Crippen LogP contribution is -2.45. The van der Waals surface area contributed by atoms with E-state index < -0.39 is 10.0 Å². The van der Waals surface area contributed by atoms with Crippen molar-refractivity contribution in [3.63, 3.8) is 0 Å². The highest BCUT2D eigenvalue weighted by atomic mass is 32.2. The minimum Gasteiger partial charge on any atom is -0.230 e. The van der Waals surface area contributed by atoms with Gasteiger partial charge in [0.25, 0.3) is 10.0 Å². The fourth-order valence-electron chi connectivity index (χ4n) is 2.06. The molecule has 1 heterocycles. The molecule has 0 aromatic heterocycles. The summed E-state index contributed by atoms with van der Waals surface area (Å²) in [5, 5.41) is 1.80. The molecule has 0 amide bonds. The van der Waals surface area contributed by atoms with Crippen LogP contribution in [0.25, 0.3) is 0 Å². The molecule has 0 radical (unpaired) electrons. The van der Waals surface area contributed by atoms with Gasteiger partial charge in [-0.05, 0) is 31.4 Å². The van der Waals surface area contributed by atoms with E-state index in [4.69, 9.17) is 0 Å². The van der Waals surface area contributed by atoms with E-state index in [-0.39, 0.29) is 0 Å². The SMILES string of the molecule is Cc1ccccc1S(=O)(=O)NN1CCCCC1. The van der Waals surface area contributed by atoms with Crippen molar-refractivity contribution in [2.45, 2.75) is 31.1 Å². The van der Waals surface area contributed by atoms with E-state index in [1.54, 1.807) is 17.1 Å². The van der Waals surface area contributed by atoms with Crippen molar-refractivity contribution in [1.82, 2.24) is 9.84 Å². The van der Waals surface area contributed by atoms with E-state index in [9.17, 15) is 8.42 Å². The minimum absolute atomic E-state index is 0.366. The van der Waals surface area contributed by atoms with Gasteiger partial charge in [0.05, 0.1) is 4.90 Å². The van der Waals surface area contributed by atoms with Crippen molar-refractivity contribution in [3.05, 3.63) is 29.8 Å². The third-order valence-corrected chi connectivity index (χ3v) is 4.52. The summed E-state index contributed by atoms with van der Waals surface area (Å²) < 4.78 is 24.3. The summed E-state index contributed by atoms with van der Waals surface area (Å²) in [5.41, 5.74) is 0.775. The van der Waals surface area contributed by atoms with Gasteiger partial charge in [0.15, 0.2) is 0 Å². The van der Waals surface area contributed by atoms with Crippen LogP contribution >= 0.6 is 0 Å². The summed E-state index contributed by atoms with van der Waals surface area (Å²) in [7, 11) is -3.41. The van der Waals surface area contributed by atoms with E-state index >= 15 is 0 Å². The third kappa shape index (κ3) is 3.06. The number of nitrogens with one attached hydrogen (secondary N) is 1. The molecule has 0 saturated carbocycles. The van der Waals surface area contributed by atoms with Gasteiger partial charge in [-0.2, -0.15) is 0 Å². The van der Waals surface area contributed by atoms with Crippen molar-refractivity contribution in [3.8, 4) is 0 Å². The molecule has 1 saturated heterocycles. The molecule has 1 aliphatic rings. The number of hydrogen-bond acceptors (Lipinski definition) is 3. The second kappa shape index (κ2) is 5.16. The van der Waals surface area contributed by atoms with Crippen LogP contribution in [0.4, 0.5) is 0 Å². The van der Waals surface area contributed by atoms with Crippen molar-refractivity contribution in [2.24, 2.45) is 0 Å². The molecule has 5 heteroatoms. The number of sulfonamides is 1. The summed E-state index contributed by atoms with van der Waals surface area (Å²) in [6.07, 6.45) is 3.29. The van der Waals surface area contributed by atoms with Crippen LogP contribution in [-0.2, 0) is 10.0 Å². The number of piperidine rings is 1. The summed E-state index contributed by atoms with van der Waals surface area (Å²) in [6, 6.07) is 7.04. The van der Waals surface area contributed by atoms with Gasteiger partial charge < -0.3 is 0 Å². The first-order valence-corrected chi connectivity index (χ1v) is 7.41. The quantitative estimate of drug-likeness (QED) is 0.892. The predicted molar refractivity (Wildman–Crippen MR) is 66.9 cm³/mol. The van der Waals surface area contributed by atoms with Gasteiger partial charge in [-0.25, -0.2) is 13.4 Å². The van der Waals surface area contributed by atoms with Gasteiger partial charge in [-0.15, -0.1) is 4.83 Å². The lowest BCUT2D eigenvalue weighted by molar-refractivity contribution is 0.200. The Morgan fingerprint density at radius 3 is 2.41 bits per heavy atom. The fraction of sp³-hybridized carbons (Fsp3) is 0.500.